The number of carbonyl (C=O) groups is 2. The Morgan fingerprint density at radius 1 is 1.14 bits per heavy atom. The first-order valence-electron chi connectivity index (χ1n) is 8.27. The molecule has 1 saturated carbocycles. The zero-order valence-corrected chi connectivity index (χ0v) is 14.7. The average Bonchev–Trinajstić information content (AvgIpc) is 2.52. The van der Waals surface area contributed by atoms with E-state index in [4.69, 9.17) is 11.5 Å². The minimum atomic E-state index is -0.527. The quantitative estimate of drug-likeness (QED) is 0.765. The third kappa shape index (κ3) is 21.4. The molecule has 0 radical (unpaired) electrons. The summed E-state index contributed by atoms with van der Waals surface area (Å²) in [7, 11) is 0. The van der Waals surface area contributed by atoms with Crippen molar-refractivity contribution in [3.8, 4) is 0 Å². The highest BCUT2D eigenvalue weighted by Crippen LogP contribution is 2.22. The van der Waals surface area contributed by atoms with Crippen molar-refractivity contribution in [2.45, 2.75) is 66.7 Å². The molecule has 21 heavy (non-hydrogen) atoms. The van der Waals surface area contributed by atoms with Gasteiger partial charge in [-0.25, -0.2) is 0 Å². The van der Waals surface area contributed by atoms with Gasteiger partial charge in [-0.05, 0) is 5.92 Å². The van der Waals surface area contributed by atoms with Gasteiger partial charge in [-0.15, -0.1) is 0 Å². The number of amides is 2. The molecule has 1 rings (SSSR count). The van der Waals surface area contributed by atoms with Gasteiger partial charge in [0.25, 0.3) is 0 Å². The van der Waals surface area contributed by atoms with Crippen LogP contribution in [0.4, 0.5) is 0 Å². The molecular formula is C16H37N3O2. The van der Waals surface area contributed by atoms with Gasteiger partial charge in [-0.1, -0.05) is 66.7 Å². The van der Waals surface area contributed by atoms with Gasteiger partial charge >= 0.3 is 0 Å². The third-order valence-corrected chi connectivity index (χ3v) is 2.82. The van der Waals surface area contributed by atoms with Crippen molar-refractivity contribution in [3.63, 3.8) is 0 Å². The molecule has 0 saturated heterocycles. The molecule has 2 amide bonds. The number of carbonyl (C=O) groups excluding carboxylic acids is 2. The van der Waals surface area contributed by atoms with E-state index in [2.05, 4.69) is 6.92 Å². The summed E-state index contributed by atoms with van der Waals surface area (Å²) in [6.45, 7) is 11.0. The second-order valence-electron chi connectivity index (χ2n) is 4.57. The van der Waals surface area contributed by atoms with E-state index in [0.29, 0.717) is 19.5 Å². The summed E-state index contributed by atoms with van der Waals surface area (Å²) >= 11 is 0. The van der Waals surface area contributed by atoms with E-state index in [9.17, 15) is 9.59 Å². The van der Waals surface area contributed by atoms with Gasteiger partial charge in [0.15, 0.2) is 0 Å². The van der Waals surface area contributed by atoms with Crippen LogP contribution in [0.15, 0.2) is 0 Å². The van der Waals surface area contributed by atoms with Crippen molar-refractivity contribution in [2.75, 3.05) is 19.6 Å². The van der Waals surface area contributed by atoms with E-state index in [1.807, 2.05) is 27.7 Å². The average molecular weight is 303 g/mol. The van der Waals surface area contributed by atoms with Gasteiger partial charge in [0, 0.05) is 13.1 Å². The molecule has 128 valence electrons. The maximum atomic E-state index is 10.2. The van der Waals surface area contributed by atoms with E-state index in [1.54, 1.807) is 0 Å². The minimum Gasteiger partial charge on any atom is -0.368 e. The van der Waals surface area contributed by atoms with Crippen LogP contribution in [0.2, 0.25) is 0 Å². The van der Waals surface area contributed by atoms with E-state index in [1.165, 1.54) is 37.0 Å². The van der Waals surface area contributed by atoms with Crippen molar-refractivity contribution in [1.29, 1.82) is 0 Å². The Balaban J connectivity index is -0.000000256. The fraction of sp³-hybridized carbons (Fsp3) is 0.875. The second-order valence-corrected chi connectivity index (χ2v) is 4.57. The molecule has 0 unspecified atom stereocenters. The second kappa shape index (κ2) is 21.2. The minimum absolute atomic E-state index is 0.0549. The molecule has 4 N–H and O–H groups in total. The highest BCUT2D eigenvalue weighted by atomic mass is 16.2. The van der Waals surface area contributed by atoms with Gasteiger partial charge in [-0.3, -0.25) is 9.59 Å². The lowest BCUT2D eigenvalue weighted by Gasteiger charge is -2.15. The molecule has 0 aromatic carbocycles. The topological polar surface area (TPSA) is 89.4 Å². The van der Waals surface area contributed by atoms with Crippen LogP contribution in [-0.4, -0.2) is 36.9 Å². The molecule has 0 heterocycles. The zero-order valence-electron chi connectivity index (χ0n) is 14.7. The molecule has 5 nitrogen and oxygen atoms in total. The first-order chi connectivity index (χ1) is 10.1. The van der Waals surface area contributed by atoms with Crippen molar-refractivity contribution in [3.05, 3.63) is 0 Å². The summed E-state index contributed by atoms with van der Waals surface area (Å²) in [6, 6.07) is 0. The molecule has 1 fully saturated rings. The fourth-order valence-electron chi connectivity index (χ4n) is 1.84. The molecule has 1 aliphatic rings. The number of nitrogens with two attached hydrogens (primary N) is 2. The number of rotatable bonds is 5. The molecular weight excluding hydrogens is 266 g/mol. The molecule has 0 atom stereocenters. The van der Waals surface area contributed by atoms with Crippen LogP contribution in [0.25, 0.3) is 0 Å². The van der Waals surface area contributed by atoms with Crippen molar-refractivity contribution in [2.24, 2.45) is 17.4 Å². The van der Waals surface area contributed by atoms with Gasteiger partial charge < -0.3 is 16.4 Å². The molecule has 0 spiro atoms. The predicted octanol–water partition coefficient (Wildman–Crippen LogP) is 2.53. The summed E-state index contributed by atoms with van der Waals surface area (Å²) < 4.78 is 0. The van der Waals surface area contributed by atoms with Crippen LogP contribution in [0.5, 0.6) is 0 Å². The fourth-order valence-corrected chi connectivity index (χ4v) is 1.84. The van der Waals surface area contributed by atoms with E-state index in [-0.39, 0.29) is 6.54 Å². The van der Waals surface area contributed by atoms with E-state index in [0.717, 1.165) is 5.92 Å². The Morgan fingerprint density at radius 2 is 1.62 bits per heavy atom. The maximum absolute atomic E-state index is 10.2. The first kappa shape index (κ1) is 24.9. The summed E-state index contributed by atoms with van der Waals surface area (Å²) in [6.07, 6.45) is 7.99. The number of hydrogen-bond donors (Lipinski definition) is 2. The Labute approximate surface area is 131 Å². The monoisotopic (exact) mass is 303 g/mol. The Bertz CT molecular complexity index is 218. The van der Waals surface area contributed by atoms with Crippen LogP contribution in [-0.2, 0) is 9.59 Å². The molecule has 0 aliphatic heterocycles. The molecule has 0 aromatic rings. The summed E-state index contributed by atoms with van der Waals surface area (Å²) in [4.78, 5) is 21.5. The SMILES string of the molecule is CC.CC.CC1CCCCC1.NCCN(C=O)CC(N)=O. The molecule has 5 heteroatoms. The number of hydrogen-bond acceptors (Lipinski definition) is 3. The van der Waals surface area contributed by atoms with Crippen LogP contribution < -0.4 is 11.5 Å². The first-order valence-corrected chi connectivity index (χ1v) is 8.27. The Morgan fingerprint density at radius 3 is 1.86 bits per heavy atom. The van der Waals surface area contributed by atoms with Crippen LogP contribution in [0.1, 0.15) is 66.7 Å². The lowest BCUT2D eigenvalue weighted by molar-refractivity contribution is -0.126. The van der Waals surface area contributed by atoms with Gasteiger partial charge in [0.05, 0.1) is 6.54 Å². The van der Waals surface area contributed by atoms with Crippen LogP contribution in [0, 0.1) is 5.92 Å². The van der Waals surface area contributed by atoms with E-state index >= 15 is 0 Å². The standard InChI is InChI=1S/C7H14.C5H11N3O2.2C2H6/c1-7-5-3-2-4-6-7;6-1-2-8(4-9)3-5(7)10;2*1-2/h7H,2-6H2,1H3;4H,1-3,6H2,(H2,7,10);2*1-2H3. The van der Waals surface area contributed by atoms with Gasteiger partial charge in [0.2, 0.25) is 12.3 Å². The van der Waals surface area contributed by atoms with E-state index < -0.39 is 5.91 Å². The third-order valence-electron chi connectivity index (χ3n) is 2.82. The van der Waals surface area contributed by atoms with Gasteiger partial charge in [0.1, 0.15) is 0 Å². The summed E-state index contributed by atoms with van der Waals surface area (Å²) in [5.41, 5.74) is 9.95. The highest BCUT2D eigenvalue weighted by molar-refractivity contribution is 5.77. The molecule has 1 aliphatic carbocycles. The summed E-state index contributed by atoms with van der Waals surface area (Å²) in [5.74, 6) is 0.509. The summed E-state index contributed by atoms with van der Waals surface area (Å²) in [5, 5.41) is 0. The maximum Gasteiger partial charge on any atom is 0.237 e. The number of primary amides is 1. The zero-order chi connectivity index (χ0) is 17.1. The smallest absolute Gasteiger partial charge is 0.237 e. The van der Waals surface area contributed by atoms with Crippen molar-refractivity contribution < 1.29 is 9.59 Å². The molecule has 0 aromatic heterocycles. The van der Waals surface area contributed by atoms with Crippen molar-refractivity contribution in [1.82, 2.24) is 4.90 Å². The highest BCUT2D eigenvalue weighted by Gasteiger charge is 2.06. The largest absolute Gasteiger partial charge is 0.368 e. The van der Waals surface area contributed by atoms with Crippen LogP contribution in [0.3, 0.4) is 0 Å². The Hall–Kier alpha value is -1.10. The Kier molecular flexibility index (Phi) is 25.1. The van der Waals surface area contributed by atoms with Gasteiger partial charge in [-0.2, -0.15) is 0 Å². The van der Waals surface area contributed by atoms with Crippen molar-refractivity contribution >= 4 is 12.3 Å². The normalized spacial score (nSPS) is 13.2. The predicted molar refractivity (Wildman–Crippen MR) is 90.8 cm³/mol. The lowest BCUT2D eigenvalue weighted by atomic mass is 9.91. The van der Waals surface area contributed by atoms with Crippen LogP contribution >= 0.6 is 0 Å². The lowest BCUT2D eigenvalue weighted by Crippen LogP contribution is -2.35. The number of nitrogens with zero attached hydrogens (tertiary/aromatic N) is 1. The molecule has 0 bridgehead atoms.